The van der Waals surface area contributed by atoms with Crippen LogP contribution in [0.15, 0.2) is 35.5 Å². The van der Waals surface area contributed by atoms with E-state index in [1.54, 1.807) is 0 Å². The SMILES string of the molecule is [2H]C([2H])([2H])C(O)(CCC[C@@H](C)[C@H]1CC[C@H]2C(=C/C=C3/C[C@@H](O)C[C@H](O)C3=C)CCC[C@]12C)C([2H])([2H])[2H]. The zero-order valence-corrected chi connectivity index (χ0v) is 18.7. The molecule has 3 N–H and O–H groups in total. The summed E-state index contributed by atoms with van der Waals surface area (Å²) in [6.45, 7) is 2.64. The molecule has 0 radical (unpaired) electrons. The third-order valence-corrected chi connectivity index (χ3v) is 8.19. The van der Waals surface area contributed by atoms with Crippen LogP contribution in [-0.4, -0.2) is 33.1 Å². The maximum absolute atomic E-state index is 10.6. The van der Waals surface area contributed by atoms with E-state index in [0.29, 0.717) is 49.0 Å². The smallest absolute Gasteiger partial charge is 0.0811 e. The fourth-order valence-electron chi connectivity index (χ4n) is 6.56. The van der Waals surface area contributed by atoms with Crippen LogP contribution in [0, 0.1) is 23.2 Å². The molecule has 3 nitrogen and oxygen atoms in total. The maximum atomic E-state index is 10.6. The molecule has 0 aromatic carbocycles. The van der Waals surface area contributed by atoms with Crippen LogP contribution in [0.1, 0.15) is 100.0 Å². The average molecular weight is 423 g/mol. The van der Waals surface area contributed by atoms with E-state index in [1.807, 2.05) is 6.08 Å². The lowest BCUT2D eigenvalue weighted by molar-refractivity contribution is 0.0596. The molecule has 0 saturated heterocycles. The van der Waals surface area contributed by atoms with E-state index in [0.717, 1.165) is 37.7 Å². The number of fused-ring (bicyclic) bond motifs is 1. The Balaban J connectivity index is 1.69. The second-order valence-electron chi connectivity index (χ2n) is 10.4. The van der Waals surface area contributed by atoms with Crippen molar-refractivity contribution in [2.24, 2.45) is 23.2 Å². The highest BCUT2D eigenvalue weighted by molar-refractivity contribution is 5.38. The third-order valence-electron chi connectivity index (χ3n) is 8.19. The van der Waals surface area contributed by atoms with Gasteiger partial charge in [0.15, 0.2) is 0 Å². The van der Waals surface area contributed by atoms with Crippen molar-refractivity contribution in [3.8, 4) is 0 Å². The number of aliphatic hydroxyl groups excluding tert-OH is 2. The van der Waals surface area contributed by atoms with Crippen LogP contribution in [0.25, 0.3) is 0 Å². The Labute approximate surface area is 192 Å². The van der Waals surface area contributed by atoms with Gasteiger partial charge in [-0.3, -0.25) is 0 Å². The summed E-state index contributed by atoms with van der Waals surface area (Å²) in [7, 11) is 0. The van der Waals surface area contributed by atoms with E-state index in [2.05, 4.69) is 26.5 Å². The minimum Gasteiger partial charge on any atom is -0.393 e. The van der Waals surface area contributed by atoms with Gasteiger partial charge >= 0.3 is 0 Å². The summed E-state index contributed by atoms with van der Waals surface area (Å²) in [5.41, 5.74) is 0.463. The highest BCUT2D eigenvalue weighted by atomic mass is 16.3. The molecule has 0 unspecified atom stereocenters. The lowest BCUT2D eigenvalue weighted by atomic mass is 9.60. The quantitative estimate of drug-likeness (QED) is 0.514. The van der Waals surface area contributed by atoms with E-state index < -0.39 is 31.5 Å². The minimum atomic E-state index is -2.96. The van der Waals surface area contributed by atoms with Crippen LogP contribution < -0.4 is 0 Å². The normalized spacial score (nSPS) is 42.6. The van der Waals surface area contributed by atoms with E-state index in [9.17, 15) is 15.3 Å². The lowest BCUT2D eigenvalue weighted by Gasteiger charge is -2.44. The summed E-state index contributed by atoms with van der Waals surface area (Å²) < 4.78 is 45.6. The first-order valence-corrected chi connectivity index (χ1v) is 11.7. The molecule has 0 amide bonds. The molecule has 3 fully saturated rings. The van der Waals surface area contributed by atoms with Crippen molar-refractivity contribution < 1.29 is 23.5 Å². The van der Waals surface area contributed by atoms with Gasteiger partial charge in [-0.25, -0.2) is 0 Å². The van der Waals surface area contributed by atoms with Gasteiger partial charge in [-0.15, -0.1) is 0 Å². The molecular formula is C27H44O3. The first-order valence-electron chi connectivity index (χ1n) is 14.7. The molecule has 0 aromatic rings. The van der Waals surface area contributed by atoms with E-state index >= 15 is 0 Å². The molecule has 6 atom stereocenters. The van der Waals surface area contributed by atoms with Gasteiger partial charge in [-0.05, 0) is 93.0 Å². The zero-order valence-electron chi connectivity index (χ0n) is 24.7. The summed E-state index contributed by atoms with van der Waals surface area (Å²) in [6, 6.07) is 0. The zero-order chi connectivity index (χ0) is 27.1. The van der Waals surface area contributed by atoms with Crippen molar-refractivity contribution in [2.45, 2.75) is 110 Å². The van der Waals surface area contributed by atoms with Crippen molar-refractivity contribution in [2.75, 3.05) is 0 Å². The molecule has 30 heavy (non-hydrogen) atoms. The summed E-state index contributed by atoms with van der Waals surface area (Å²) in [5.74, 6) is 1.18. The maximum Gasteiger partial charge on any atom is 0.0811 e. The van der Waals surface area contributed by atoms with Crippen LogP contribution in [0.3, 0.4) is 0 Å². The van der Waals surface area contributed by atoms with Crippen molar-refractivity contribution in [3.63, 3.8) is 0 Å². The molecule has 0 heterocycles. The molecule has 170 valence electrons. The number of rotatable bonds is 6. The number of hydrogen-bond donors (Lipinski definition) is 3. The van der Waals surface area contributed by atoms with Crippen LogP contribution in [0.4, 0.5) is 0 Å². The van der Waals surface area contributed by atoms with Gasteiger partial charge in [-0.2, -0.15) is 0 Å². The summed E-state index contributed by atoms with van der Waals surface area (Å²) in [5, 5.41) is 30.8. The average Bonchev–Trinajstić information content (AvgIpc) is 3.11. The van der Waals surface area contributed by atoms with Gasteiger partial charge in [0, 0.05) is 14.6 Å². The predicted octanol–water partition coefficient (Wildman–Crippen LogP) is 5.70. The number of aliphatic hydroxyl groups is 3. The minimum absolute atomic E-state index is 0.120. The first kappa shape index (κ1) is 16.7. The first-order chi connectivity index (χ1) is 16.5. The van der Waals surface area contributed by atoms with Crippen molar-refractivity contribution in [3.05, 3.63) is 35.5 Å². The molecule has 3 saturated carbocycles. The second-order valence-corrected chi connectivity index (χ2v) is 10.4. The largest absolute Gasteiger partial charge is 0.393 e. The Morgan fingerprint density at radius 2 is 2.07 bits per heavy atom. The van der Waals surface area contributed by atoms with Gasteiger partial charge in [0.25, 0.3) is 0 Å². The Morgan fingerprint density at radius 3 is 2.80 bits per heavy atom. The highest BCUT2D eigenvalue weighted by Crippen LogP contribution is 2.60. The number of allylic oxidation sites excluding steroid dienone is 3. The van der Waals surface area contributed by atoms with Crippen molar-refractivity contribution in [1.82, 2.24) is 0 Å². The summed E-state index contributed by atoms with van der Waals surface area (Å²) in [4.78, 5) is 0. The molecular weight excluding hydrogens is 372 g/mol. The Morgan fingerprint density at radius 1 is 1.30 bits per heavy atom. The van der Waals surface area contributed by atoms with E-state index in [-0.39, 0.29) is 11.8 Å². The Kier molecular flexibility index (Phi) is 5.18. The number of hydrogen-bond acceptors (Lipinski definition) is 3. The van der Waals surface area contributed by atoms with Gasteiger partial charge in [0.2, 0.25) is 0 Å². The van der Waals surface area contributed by atoms with Crippen LogP contribution in [-0.2, 0) is 0 Å². The molecule has 3 aliphatic carbocycles. The highest BCUT2D eigenvalue weighted by Gasteiger charge is 2.50. The summed E-state index contributed by atoms with van der Waals surface area (Å²) in [6.07, 6.45) is 10.0. The van der Waals surface area contributed by atoms with Gasteiger partial charge in [0.05, 0.1) is 17.8 Å². The van der Waals surface area contributed by atoms with E-state index in [1.165, 1.54) is 5.57 Å². The molecule has 0 bridgehead atoms. The Bertz CT molecular complexity index is 860. The van der Waals surface area contributed by atoms with Crippen molar-refractivity contribution in [1.29, 1.82) is 0 Å². The molecule has 3 aliphatic rings. The molecule has 0 spiro atoms. The summed E-state index contributed by atoms with van der Waals surface area (Å²) >= 11 is 0. The topological polar surface area (TPSA) is 60.7 Å². The molecule has 0 aromatic heterocycles. The van der Waals surface area contributed by atoms with E-state index in [4.69, 9.17) is 8.22 Å². The van der Waals surface area contributed by atoms with Gasteiger partial charge in [0.1, 0.15) is 0 Å². The van der Waals surface area contributed by atoms with Crippen molar-refractivity contribution >= 4 is 0 Å². The monoisotopic (exact) mass is 422 g/mol. The van der Waals surface area contributed by atoms with Crippen LogP contribution in [0.5, 0.6) is 0 Å². The molecule has 0 aliphatic heterocycles. The fraction of sp³-hybridized carbons (Fsp3) is 0.778. The molecule has 3 rings (SSSR count). The fourth-order valence-corrected chi connectivity index (χ4v) is 6.56. The Hall–Kier alpha value is -0.900. The van der Waals surface area contributed by atoms with Crippen LogP contribution in [0.2, 0.25) is 0 Å². The van der Waals surface area contributed by atoms with Crippen LogP contribution >= 0.6 is 0 Å². The predicted molar refractivity (Wildman–Crippen MR) is 124 cm³/mol. The molecule has 3 heteroatoms. The van der Waals surface area contributed by atoms with Gasteiger partial charge in [-0.1, -0.05) is 51.0 Å². The van der Waals surface area contributed by atoms with Gasteiger partial charge < -0.3 is 15.3 Å². The lowest BCUT2D eigenvalue weighted by Crippen LogP contribution is -2.36. The third kappa shape index (κ3) is 5.29. The standard InChI is InChI=1S/C27H44O3/c1-18(8-6-14-26(3,4)30)23-12-13-24-20(9-7-15-27(23,24)5)10-11-21-16-22(28)17-25(29)19(21)2/h10-11,18,22-25,28-30H,2,6-9,12-17H2,1,3-5H3/b20-10?,21-11-/t18-,22-,23-,24+,25+,27-/m1/s1/i3D3,4D3. The second kappa shape index (κ2) is 9.30.